The summed E-state index contributed by atoms with van der Waals surface area (Å²) in [5.41, 5.74) is 3.39. The number of hydrogen-bond donors (Lipinski definition) is 0. The Morgan fingerprint density at radius 3 is 1.89 bits per heavy atom. The van der Waals surface area contributed by atoms with Crippen LogP contribution >= 0.6 is 22.9 Å². The van der Waals surface area contributed by atoms with Crippen LogP contribution in [0, 0.1) is 11.6 Å². The van der Waals surface area contributed by atoms with Gasteiger partial charge in [-0.3, -0.25) is 19.3 Å². The van der Waals surface area contributed by atoms with Crippen LogP contribution in [0.4, 0.5) is 19.5 Å². The molecule has 0 radical (unpaired) electrons. The molecule has 2 aliphatic heterocycles. The number of halogens is 3. The maximum absolute atomic E-state index is 14.4. The van der Waals surface area contributed by atoms with E-state index in [1.165, 1.54) is 35.6 Å². The van der Waals surface area contributed by atoms with Gasteiger partial charge >= 0.3 is 0 Å². The maximum Gasteiger partial charge on any atom is 0.266 e. The third kappa shape index (κ3) is 5.51. The van der Waals surface area contributed by atoms with E-state index in [0.717, 1.165) is 10.6 Å². The highest BCUT2D eigenvalue weighted by Gasteiger charge is 2.41. The van der Waals surface area contributed by atoms with Crippen LogP contribution in [0.3, 0.4) is 0 Å². The fraction of sp³-hybridized carbons (Fsp3) is 0.139. The largest absolute Gasteiger partial charge is 0.369 e. The summed E-state index contributed by atoms with van der Waals surface area (Å²) in [5, 5.41) is 0.694. The number of fused-ring (bicyclic) bond motifs is 1. The third-order valence-electron chi connectivity index (χ3n) is 8.37. The van der Waals surface area contributed by atoms with Gasteiger partial charge in [-0.2, -0.15) is 0 Å². The molecule has 0 spiro atoms. The number of carbonyl (C=O) groups excluding carboxylic acids is 3. The molecular weight excluding hydrogens is 628 g/mol. The van der Waals surface area contributed by atoms with Crippen LogP contribution in [0.2, 0.25) is 5.02 Å². The average Bonchev–Trinajstić information content (AvgIpc) is 3.55. The van der Waals surface area contributed by atoms with Gasteiger partial charge in [0.15, 0.2) is 5.78 Å². The lowest BCUT2D eigenvalue weighted by Crippen LogP contribution is -2.46. The first-order valence-electron chi connectivity index (χ1n) is 14.7. The highest BCUT2D eigenvalue weighted by Crippen LogP contribution is 2.46. The first-order valence-corrected chi connectivity index (χ1v) is 15.9. The Labute approximate surface area is 273 Å². The molecule has 0 saturated carbocycles. The molecule has 2 amide bonds. The molecule has 0 atom stereocenters. The topological polar surface area (TPSA) is 60.9 Å². The SMILES string of the molecule is O=C(c1ccc(Cl)cc1)c1c(N2C(=O)c3ccccc3C2=O)sc(-c2ccc(F)cc2)c1CN1CCN(c2ccc(F)cc2)CC1. The number of piperazine rings is 1. The molecule has 230 valence electrons. The van der Waals surface area contributed by atoms with E-state index in [1.54, 1.807) is 72.8 Å². The standard InChI is InChI=1S/C36H26ClF2N3O3S/c37-24-9-5-22(6-10-24)32(43)31-30(21-40-17-19-41(20-18-40)27-15-13-26(39)14-16-27)33(23-7-11-25(38)12-8-23)46-36(31)42-34(44)28-3-1-2-4-29(28)35(42)45/h1-16H,17-21H2. The van der Waals surface area contributed by atoms with Gasteiger partial charge in [-0.05, 0) is 83.9 Å². The zero-order valence-electron chi connectivity index (χ0n) is 24.4. The van der Waals surface area contributed by atoms with Crippen LogP contribution in [-0.4, -0.2) is 48.7 Å². The molecule has 0 N–H and O–H groups in total. The second kappa shape index (κ2) is 12.2. The van der Waals surface area contributed by atoms with Crippen molar-refractivity contribution in [3.05, 3.63) is 142 Å². The van der Waals surface area contributed by atoms with E-state index in [0.29, 0.717) is 59.3 Å². The molecule has 7 rings (SSSR count). The highest BCUT2D eigenvalue weighted by molar-refractivity contribution is 7.20. The Morgan fingerprint density at radius 2 is 1.30 bits per heavy atom. The molecule has 0 unspecified atom stereocenters. The van der Waals surface area contributed by atoms with Crippen molar-refractivity contribution in [3.8, 4) is 10.4 Å². The molecule has 1 saturated heterocycles. The fourth-order valence-electron chi connectivity index (χ4n) is 5.99. The Morgan fingerprint density at radius 1 is 0.739 bits per heavy atom. The van der Waals surface area contributed by atoms with Crippen molar-refractivity contribution in [1.29, 1.82) is 0 Å². The molecule has 10 heteroatoms. The molecule has 3 heterocycles. The number of rotatable bonds is 7. The molecule has 0 aliphatic carbocycles. The van der Waals surface area contributed by atoms with E-state index in [9.17, 15) is 23.2 Å². The quantitative estimate of drug-likeness (QED) is 0.133. The molecule has 1 fully saturated rings. The molecule has 4 aromatic carbocycles. The second-order valence-corrected chi connectivity index (χ2v) is 12.6. The first-order chi connectivity index (χ1) is 22.3. The summed E-state index contributed by atoms with van der Waals surface area (Å²) in [6, 6.07) is 25.5. The van der Waals surface area contributed by atoms with Crippen LogP contribution in [0.25, 0.3) is 10.4 Å². The monoisotopic (exact) mass is 653 g/mol. The van der Waals surface area contributed by atoms with Gasteiger partial charge < -0.3 is 4.90 Å². The maximum atomic E-state index is 14.4. The van der Waals surface area contributed by atoms with Crippen molar-refractivity contribution in [2.45, 2.75) is 6.54 Å². The molecule has 2 aliphatic rings. The number of benzene rings is 4. The van der Waals surface area contributed by atoms with Gasteiger partial charge in [0.05, 0.1) is 16.7 Å². The lowest BCUT2D eigenvalue weighted by molar-refractivity contribution is 0.0927. The molecule has 0 bridgehead atoms. The number of nitrogens with zero attached hydrogens (tertiary/aromatic N) is 3. The van der Waals surface area contributed by atoms with Crippen molar-refractivity contribution >= 4 is 51.2 Å². The summed E-state index contributed by atoms with van der Waals surface area (Å²) in [4.78, 5) is 48.1. The summed E-state index contributed by atoms with van der Waals surface area (Å²) < 4.78 is 27.6. The summed E-state index contributed by atoms with van der Waals surface area (Å²) in [6.45, 7) is 2.99. The zero-order valence-corrected chi connectivity index (χ0v) is 26.0. The van der Waals surface area contributed by atoms with Gasteiger partial charge in [0.1, 0.15) is 16.6 Å². The highest BCUT2D eigenvalue weighted by atomic mass is 35.5. The van der Waals surface area contributed by atoms with E-state index < -0.39 is 17.6 Å². The minimum Gasteiger partial charge on any atom is -0.369 e. The van der Waals surface area contributed by atoms with E-state index >= 15 is 0 Å². The van der Waals surface area contributed by atoms with E-state index in [1.807, 2.05) is 0 Å². The van der Waals surface area contributed by atoms with Crippen molar-refractivity contribution in [1.82, 2.24) is 4.90 Å². The molecule has 5 aromatic rings. The van der Waals surface area contributed by atoms with Crippen LogP contribution in [0.1, 0.15) is 42.2 Å². The number of hydrogen-bond acceptors (Lipinski definition) is 6. The van der Waals surface area contributed by atoms with Crippen molar-refractivity contribution < 1.29 is 23.2 Å². The van der Waals surface area contributed by atoms with Crippen molar-refractivity contribution in [3.63, 3.8) is 0 Å². The van der Waals surface area contributed by atoms with Gasteiger partial charge in [-0.1, -0.05) is 35.9 Å². The Bertz CT molecular complexity index is 1930. The number of ketones is 1. The average molecular weight is 654 g/mol. The van der Waals surface area contributed by atoms with E-state index in [2.05, 4.69) is 9.80 Å². The van der Waals surface area contributed by atoms with Gasteiger partial charge in [0.2, 0.25) is 0 Å². The number of imide groups is 1. The number of carbonyl (C=O) groups is 3. The molecule has 6 nitrogen and oxygen atoms in total. The molecular formula is C36H26ClF2N3O3S. The van der Waals surface area contributed by atoms with Gasteiger partial charge in [-0.25, -0.2) is 13.7 Å². The minimum atomic E-state index is -0.503. The van der Waals surface area contributed by atoms with Crippen LogP contribution in [-0.2, 0) is 6.54 Å². The number of anilines is 2. The second-order valence-electron chi connectivity index (χ2n) is 11.2. The van der Waals surface area contributed by atoms with Crippen LogP contribution in [0.5, 0.6) is 0 Å². The van der Waals surface area contributed by atoms with Gasteiger partial charge in [0.25, 0.3) is 11.8 Å². The van der Waals surface area contributed by atoms with Crippen molar-refractivity contribution in [2.24, 2.45) is 0 Å². The molecule has 1 aromatic heterocycles. The smallest absolute Gasteiger partial charge is 0.266 e. The van der Waals surface area contributed by atoms with E-state index in [-0.39, 0.29) is 33.3 Å². The lowest BCUT2D eigenvalue weighted by atomic mass is 9.97. The Balaban J connectivity index is 1.33. The minimum absolute atomic E-state index is 0.227. The molecule has 46 heavy (non-hydrogen) atoms. The normalized spacial score (nSPS) is 15.0. The Kier molecular flexibility index (Phi) is 7.98. The van der Waals surface area contributed by atoms with Crippen LogP contribution < -0.4 is 9.80 Å². The predicted octanol–water partition coefficient (Wildman–Crippen LogP) is 7.70. The predicted molar refractivity (Wildman–Crippen MR) is 176 cm³/mol. The number of thiophene rings is 1. The van der Waals surface area contributed by atoms with Crippen molar-refractivity contribution in [2.75, 3.05) is 36.0 Å². The van der Waals surface area contributed by atoms with E-state index in [4.69, 9.17) is 11.6 Å². The van der Waals surface area contributed by atoms with Gasteiger partial charge in [-0.15, -0.1) is 11.3 Å². The first kappa shape index (κ1) is 30.0. The summed E-state index contributed by atoms with van der Waals surface area (Å²) in [7, 11) is 0. The number of amides is 2. The summed E-state index contributed by atoms with van der Waals surface area (Å²) in [6.07, 6.45) is 0. The fourth-order valence-corrected chi connectivity index (χ4v) is 7.43. The zero-order chi connectivity index (χ0) is 31.9. The summed E-state index contributed by atoms with van der Waals surface area (Å²) in [5.74, 6) is -2.06. The lowest BCUT2D eigenvalue weighted by Gasteiger charge is -2.36. The summed E-state index contributed by atoms with van der Waals surface area (Å²) >= 11 is 7.32. The third-order valence-corrected chi connectivity index (χ3v) is 9.89. The van der Waals surface area contributed by atoms with Gasteiger partial charge in [0, 0.05) is 53.9 Å². The van der Waals surface area contributed by atoms with Crippen LogP contribution in [0.15, 0.2) is 97.1 Å². The Hall–Kier alpha value is -4.70.